The second-order valence-corrected chi connectivity index (χ2v) is 9.74. The molecule has 27 heavy (non-hydrogen) atoms. The van der Waals surface area contributed by atoms with Crippen molar-refractivity contribution in [3.63, 3.8) is 0 Å². The summed E-state index contributed by atoms with van der Waals surface area (Å²) in [5, 5.41) is 11.9. The first-order chi connectivity index (χ1) is 12.9. The molecule has 1 aliphatic heterocycles. The number of aliphatic hydroxyl groups excluding tert-OH is 1. The first-order valence-corrected chi connectivity index (χ1v) is 11.3. The monoisotopic (exact) mass is 411 g/mol. The lowest BCUT2D eigenvalue weighted by Crippen LogP contribution is -2.41. The smallest absolute Gasteiger partial charge is 0.263 e. The number of ether oxygens (including phenoxy) is 1. The van der Waals surface area contributed by atoms with Gasteiger partial charge in [0.1, 0.15) is 4.83 Å². The van der Waals surface area contributed by atoms with E-state index in [9.17, 15) is 9.90 Å². The highest BCUT2D eigenvalue weighted by Gasteiger charge is 2.20. The van der Waals surface area contributed by atoms with Crippen molar-refractivity contribution in [3.05, 3.63) is 20.8 Å². The zero-order valence-electron chi connectivity index (χ0n) is 16.5. The zero-order valence-corrected chi connectivity index (χ0v) is 18.2. The molecule has 1 atom stereocenters. The Hall–Kier alpha value is -0.930. The molecule has 3 rings (SSSR count). The number of hydrogen-bond acceptors (Lipinski definition) is 7. The van der Waals surface area contributed by atoms with Gasteiger partial charge in [0, 0.05) is 36.8 Å². The first kappa shape index (κ1) is 20.8. The maximum atomic E-state index is 13.1. The highest BCUT2D eigenvalue weighted by atomic mass is 32.2. The van der Waals surface area contributed by atoms with E-state index >= 15 is 0 Å². The van der Waals surface area contributed by atoms with Gasteiger partial charge in [-0.2, -0.15) is 0 Å². The van der Waals surface area contributed by atoms with Crippen molar-refractivity contribution in [2.45, 2.75) is 45.5 Å². The molecule has 1 aliphatic rings. The van der Waals surface area contributed by atoms with Gasteiger partial charge in [0.15, 0.2) is 5.16 Å². The van der Waals surface area contributed by atoms with Gasteiger partial charge in [-0.3, -0.25) is 14.3 Å². The molecule has 150 valence electrons. The number of fused-ring (bicyclic) bond motifs is 1. The lowest BCUT2D eigenvalue weighted by Gasteiger charge is -2.28. The Balaban J connectivity index is 1.80. The normalized spacial score (nSPS) is 17.1. The number of thioether (sulfide) groups is 1. The molecule has 3 heterocycles. The minimum Gasteiger partial charge on any atom is -0.391 e. The van der Waals surface area contributed by atoms with Crippen LogP contribution >= 0.6 is 23.1 Å². The van der Waals surface area contributed by atoms with Crippen LogP contribution < -0.4 is 5.56 Å². The summed E-state index contributed by atoms with van der Waals surface area (Å²) in [7, 11) is 0. The number of β-amino-alcohol motifs (C(OH)–C–C–N with tert-alkyl or cyclic N) is 1. The molecular formula is C19H29N3O3S2. The van der Waals surface area contributed by atoms with E-state index in [4.69, 9.17) is 9.72 Å². The summed E-state index contributed by atoms with van der Waals surface area (Å²) in [6.45, 7) is 12.7. The lowest BCUT2D eigenvalue weighted by atomic mass is 10.2. The fourth-order valence-electron chi connectivity index (χ4n) is 3.25. The Labute approximate surface area is 168 Å². The van der Waals surface area contributed by atoms with Gasteiger partial charge < -0.3 is 9.84 Å². The minimum absolute atomic E-state index is 0.0423. The van der Waals surface area contributed by atoms with Crippen molar-refractivity contribution in [1.82, 2.24) is 14.5 Å². The number of morpholine rings is 1. The highest BCUT2D eigenvalue weighted by Crippen LogP contribution is 2.29. The van der Waals surface area contributed by atoms with E-state index < -0.39 is 6.10 Å². The maximum absolute atomic E-state index is 13.1. The number of hydrogen-bond donors (Lipinski definition) is 1. The molecule has 6 nitrogen and oxygen atoms in total. The molecule has 0 spiro atoms. The Kier molecular flexibility index (Phi) is 6.97. The predicted octanol–water partition coefficient (Wildman–Crippen LogP) is 2.52. The molecule has 0 radical (unpaired) electrons. The van der Waals surface area contributed by atoms with Crippen molar-refractivity contribution in [2.24, 2.45) is 5.92 Å². The number of aryl methyl sites for hydroxylation is 2. The SMILES string of the molecule is Cc1sc2nc(SC[C@@H](O)CN3CCOCC3)n(CC(C)C)c(=O)c2c1C. The zero-order chi connectivity index (χ0) is 19.6. The van der Waals surface area contributed by atoms with E-state index in [0.29, 0.717) is 29.9 Å². The van der Waals surface area contributed by atoms with E-state index in [1.807, 2.05) is 13.8 Å². The summed E-state index contributed by atoms with van der Waals surface area (Å²) < 4.78 is 7.14. The molecule has 1 saturated heterocycles. The van der Waals surface area contributed by atoms with Crippen molar-refractivity contribution < 1.29 is 9.84 Å². The van der Waals surface area contributed by atoms with Crippen molar-refractivity contribution in [1.29, 1.82) is 0 Å². The molecular weight excluding hydrogens is 382 g/mol. The van der Waals surface area contributed by atoms with Gasteiger partial charge >= 0.3 is 0 Å². The lowest BCUT2D eigenvalue weighted by molar-refractivity contribution is 0.0188. The van der Waals surface area contributed by atoms with Gasteiger partial charge in [-0.15, -0.1) is 11.3 Å². The molecule has 1 fully saturated rings. The van der Waals surface area contributed by atoms with Crippen LogP contribution in [0.25, 0.3) is 10.2 Å². The van der Waals surface area contributed by atoms with Crippen molar-refractivity contribution >= 4 is 33.3 Å². The summed E-state index contributed by atoms with van der Waals surface area (Å²) in [5.41, 5.74) is 1.08. The van der Waals surface area contributed by atoms with Gasteiger partial charge in [-0.05, 0) is 25.3 Å². The first-order valence-electron chi connectivity index (χ1n) is 9.48. The number of aromatic nitrogens is 2. The molecule has 8 heteroatoms. The summed E-state index contributed by atoms with van der Waals surface area (Å²) in [6, 6.07) is 0. The molecule has 0 amide bonds. The third kappa shape index (κ3) is 4.92. The van der Waals surface area contributed by atoms with Crippen LogP contribution in [-0.4, -0.2) is 64.3 Å². The Bertz CT molecular complexity index is 841. The van der Waals surface area contributed by atoms with Crippen LogP contribution in [0.1, 0.15) is 24.3 Å². The van der Waals surface area contributed by atoms with Gasteiger partial charge in [0.2, 0.25) is 0 Å². The predicted molar refractivity (Wildman–Crippen MR) is 112 cm³/mol. The van der Waals surface area contributed by atoms with Crippen LogP contribution in [0.2, 0.25) is 0 Å². The van der Waals surface area contributed by atoms with Crippen LogP contribution in [0.4, 0.5) is 0 Å². The molecule has 2 aromatic heterocycles. The highest BCUT2D eigenvalue weighted by molar-refractivity contribution is 7.99. The van der Waals surface area contributed by atoms with Gasteiger partial charge in [-0.1, -0.05) is 25.6 Å². The summed E-state index contributed by atoms with van der Waals surface area (Å²) in [6.07, 6.45) is -0.458. The number of aliphatic hydroxyl groups is 1. The Morgan fingerprint density at radius 1 is 1.26 bits per heavy atom. The maximum Gasteiger partial charge on any atom is 0.263 e. The Morgan fingerprint density at radius 2 is 1.96 bits per heavy atom. The average Bonchev–Trinajstić information content (AvgIpc) is 2.91. The quantitative estimate of drug-likeness (QED) is 0.558. The van der Waals surface area contributed by atoms with Crippen LogP contribution in [-0.2, 0) is 11.3 Å². The van der Waals surface area contributed by atoms with Crippen LogP contribution in [0.3, 0.4) is 0 Å². The minimum atomic E-state index is -0.458. The number of thiophene rings is 1. The van der Waals surface area contributed by atoms with E-state index in [2.05, 4.69) is 18.7 Å². The number of rotatable bonds is 7. The van der Waals surface area contributed by atoms with Gasteiger partial charge in [0.25, 0.3) is 5.56 Å². The molecule has 0 aliphatic carbocycles. The van der Waals surface area contributed by atoms with Crippen LogP contribution in [0, 0.1) is 19.8 Å². The van der Waals surface area contributed by atoms with Crippen molar-refractivity contribution in [2.75, 3.05) is 38.6 Å². The average molecular weight is 412 g/mol. The molecule has 1 N–H and O–H groups in total. The number of nitrogens with zero attached hydrogens (tertiary/aromatic N) is 3. The van der Waals surface area contributed by atoms with Crippen molar-refractivity contribution in [3.8, 4) is 0 Å². The second kappa shape index (κ2) is 9.05. The standard InChI is InChI=1S/C19H29N3O3S2/c1-12(2)9-22-18(24)16-13(3)14(4)27-17(16)20-19(22)26-11-15(23)10-21-5-7-25-8-6-21/h12,15,23H,5-11H2,1-4H3/t15-/m0/s1. The molecule has 2 aromatic rings. The molecule has 0 aromatic carbocycles. The molecule has 0 unspecified atom stereocenters. The van der Waals surface area contributed by atoms with E-state index in [0.717, 1.165) is 47.0 Å². The second-order valence-electron chi connectivity index (χ2n) is 7.55. The van der Waals surface area contributed by atoms with E-state index in [-0.39, 0.29) is 5.56 Å². The molecule has 0 saturated carbocycles. The molecule has 0 bridgehead atoms. The fourth-order valence-corrected chi connectivity index (χ4v) is 5.24. The van der Waals surface area contributed by atoms with Gasteiger partial charge in [-0.25, -0.2) is 4.98 Å². The van der Waals surface area contributed by atoms with E-state index in [1.54, 1.807) is 15.9 Å². The van der Waals surface area contributed by atoms with Gasteiger partial charge in [0.05, 0.1) is 24.7 Å². The third-order valence-corrected chi connectivity index (χ3v) is 7.00. The van der Waals surface area contributed by atoms with Crippen LogP contribution in [0.5, 0.6) is 0 Å². The largest absolute Gasteiger partial charge is 0.391 e. The fraction of sp³-hybridized carbons (Fsp3) is 0.684. The summed E-state index contributed by atoms with van der Waals surface area (Å²) in [4.78, 5) is 22.1. The third-order valence-electron chi connectivity index (χ3n) is 4.78. The Morgan fingerprint density at radius 3 is 2.63 bits per heavy atom. The van der Waals surface area contributed by atoms with E-state index in [1.165, 1.54) is 11.8 Å². The summed E-state index contributed by atoms with van der Waals surface area (Å²) >= 11 is 3.06. The topological polar surface area (TPSA) is 67.6 Å². The summed E-state index contributed by atoms with van der Waals surface area (Å²) in [5.74, 6) is 0.871. The van der Waals surface area contributed by atoms with Crippen LogP contribution in [0.15, 0.2) is 9.95 Å².